The molecule has 1 atom stereocenters. The summed E-state index contributed by atoms with van der Waals surface area (Å²) < 4.78 is 49.5. The smallest absolute Gasteiger partial charge is 0.435 e. The lowest BCUT2D eigenvalue weighted by atomic mass is 9.89. The minimum absolute atomic E-state index is 0.0434. The van der Waals surface area contributed by atoms with E-state index in [9.17, 15) is 23.1 Å². The molecule has 1 aliphatic rings. The summed E-state index contributed by atoms with van der Waals surface area (Å²) in [5.74, 6) is -2.53. The summed E-state index contributed by atoms with van der Waals surface area (Å²) in [6.07, 6.45) is -4.78. The zero-order valence-electron chi connectivity index (χ0n) is 17.4. The molecule has 1 saturated heterocycles. The van der Waals surface area contributed by atoms with Crippen molar-refractivity contribution in [3.8, 4) is 11.3 Å². The summed E-state index contributed by atoms with van der Waals surface area (Å²) in [6, 6.07) is 13.1. The second-order valence-electron chi connectivity index (χ2n) is 7.88. The van der Waals surface area contributed by atoms with Crippen LogP contribution in [-0.2, 0) is 27.9 Å². The number of nitrogens with zero attached hydrogens (tertiary/aromatic N) is 1. The quantitative estimate of drug-likeness (QED) is 0.536. The van der Waals surface area contributed by atoms with Gasteiger partial charge in [0.25, 0.3) is 0 Å². The van der Waals surface area contributed by atoms with Gasteiger partial charge in [0.2, 0.25) is 5.91 Å². The number of nitrogens with one attached hydrogen (secondary N) is 1. The maximum absolute atomic E-state index is 13.2. The average Bonchev–Trinajstić information content (AvgIpc) is 3.20. The maximum atomic E-state index is 13.2. The number of halogens is 4. The summed E-state index contributed by atoms with van der Waals surface area (Å²) in [7, 11) is 0. The summed E-state index contributed by atoms with van der Waals surface area (Å²) in [4.78, 5) is 16.3. The number of oxazole rings is 1. The van der Waals surface area contributed by atoms with Crippen molar-refractivity contribution in [3.05, 3.63) is 76.3 Å². The molecule has 174 valence electrons. The second kappa shape index (κ2) is 8.81. The first-order valence-electron chi connectivity index (χ1n) is 10.1. The molecule has 1 aromatic heterocycles. The van der Waals surface area contributed by atoms with E-state index in [2.05, 4.69) is 10.3 Å². The van der Waals surface area contributed by atoms with E-state index in [0.29, 0.717) is 21.7 Å². The largest absolute Gasteiger partial charge is 0.468 e. The number of carbonyl (C=O) groups excluding carboxylic acids is 1. The van der Waals surface area contributed by atoms with Crippen molar-refractivity contribution in [3.63, 3.8) is 0 Å². The Kier molecular flexibility index (Phi) is 6.22. The van der Waals surface area contributed by atoms with Crippen LogP contribution in [-0.4, -0.2) is 29.2 Å². The average molecular weight is 481 g/mol. The second-order valence-corrected chi connectivity index (χ2v) is 8.32. The van der Waals surface area contributed by atoms with Crippen molar-refractivity contribution < 1.29 is 32.2 Å². The van der Waals surface area contributed by atoms with E-state index < -0.39 is 29.5 Å². The van der Waals surface area contributed by atoms with Gasteiger partial charge in [-0.1, -0.05) is 48.0 Å². The molecule has 2 heterocycles. The molecule has 0 spiro atoms. The molecule has 0 bridgehead atoms. The monoisotopic (exact) mass is 480 g/mol. The van der Waals surface area contributed by atoms with Crippen LogP contribution in [0.15, 0.2) is 52.9 Å². The molecule has 1 amide bonds. The van der Waals surface area contributed by atoms with Crippen molar-refractivity contribution in [2.75, 3.05) is 13.2 Å². The highest BCUT2D eigenvalue weighted by Gasteiger charge is 2.39. The van der Waals surface area contributed by atoms with Crippen molar-refractivity contribution in [2.45, 2.75) is 31.2 Å². The molecule has 6 nitrogen and oxygen atoms in total. The molecule has 10 heteroatoms. The van der Waals surface area contributed by atoms with Gasteiger partial charge in [-0.15, -0.1) is 0 Å². The molecule has 1 fully saturated rings. The molecule has 2 aromatic carbocycles. The van der Waals surface area contributed by atoms with Gasteiger partial charge in [-0.05, 0) is 30.2 Å². The first-order chi connectivity index (χ1) is 15.6. The van der Waals surface area contributed by atoms with Crippen molar-refractivity contribution in [1.82, 2.24) is 10.3 Å². The Hall–Kier alpha value is -2.88. The van der Waals surface area contributed by atoms with Crippen LogP contribution in [0.5, 0.6) is 0 Å². The third-order valence-electron chi connectivity index (χ3n) is 5.48. The Morgan fingerprint density at radius 3 is 2.52 bits per heavy atom. The minimum Gasteiger partial charge on any atom is -0.435 e. The molecule has 3 aromatic rings. The molecule has 4 rings (SSSR count). The first kappa shape index (κ1) is 23.3. The van der Waals surface area contributed by atoms with Crippen molar-refractivity contribution >= 4 is 17.5 Å². The van der Waals surface area contributed by atoms with E-state index >= 15 is 0 Å². The van der Waals surface area contributed by atoms with Crippen LogP contribution < -0.4 is 5.32 Å². The number of aromatic nitrogens is 1. The predicted octanol–water partition coefficient (Wildman–Crippen LogP) is 4.65. The SMILES string of the molecule is CC(C(=O)NCc1oc(C(F)(F)F)nc1-c1cccc(Cl)c1)c1ccc(C2(O)COC2)cc1. The fourth-order valence-corrected chi connectivity index (χ4v) is 3.66. The van der Waals surface area contributed by atoms with Crippen LogP contribution in [0.4, 0.5) is 13.2 Å². The van der Waals surface area contributed by atoms with E-state index in [1.54, 1.807) is 49.4 Å². The number of alkyl halides is 3. The van der Waals surface area contributed by atoms with Gasteiger partial charge >= 0.3 is 12.1 Å². The number of aliphatic hydroxyl groups is 1. The predicted molar refractivity (Wildman–Crippen MR) is 113 cm³/mol. The van der Waals surface area contributed by atoms with Crippen molar-refractivity contribution in [1.29, 1.82) is 0 Å². The highest BCUT2D eigenvalue weighted by atomic mass is 35.5. The normalized spacial score (nSPS) is 16.2. The zero-order valence-corrected chi connectivity index (χ0v) is 18.2. The van der Waals surface area contributed by atoms with Gasteiger partial charge in [-0.3, -0.25) is 4.79 Å². The van der Waals surface area contributed by atoms with Crippen LogP contribution >= 0.6 is 11.6 Å². The van der Waals surface area contributed by atoms with Crippen LogP contribution in [0.2, 0.25) is 5.02 Å². The van der Waals surface area contributed by atoms with E-state index in [1.165, 1.54) is 6.07 Å². The van der Waals surface area contributed by atoms with Crippen LogP contribution in [0.1, 0.15) is 35.6 Å². The third kappa shape index (κ3) is 4.90. The Labute approximate surface area is 192 Å². The molecule has 33 heavy (non-hydrogen) atoms. The fourth-order valence-electron chi connectivity index (χ4n) is 3.47. The first-order valence-corrected chi connectivity index (χ1v) is 10.5. The molecule has 0 aliphatic carbocycles. The summed E-state index contributed by atoms with van der Waals surface area (Å²) >= 11 is 5.96. The number of rotatable bonds is 6. The molecular weight excluding hydrogens is 461 g/mol. The van der Waals surface area contributed by atoms with Gasteiger partial charge in [0.1, 0.15) is 11.3 Å². The minimum atomic E-state index is -4.78. The number of hydrogen-bond acceptors (Lipinski definition) is 5. The lowest BCUT2D eigenvalue weighted by Crippen LogP contribution is -2.46. The lowest BCUT2D eigenvalue weighted by molar-refractivity contribution is -0.184. The van der Waals surface area contributed by atoms with Crippen LogP contribution in [0.25, 0.3) is 11.3 Å². The number of carbonyl (C=O) groups is 1. The molecule has 2 N–H and O–H groups in total. The topological polar surface area (TPSA) is 84.6 Å². The van der Waals surface area contributed by atoms with Gasteiger partial charge in [-0.2, -0.15) is 13.2 Å². The Balaban J connectivity index is 1.50. The zero-order chi connectivity index (χ0) is 23.8. The molecular formula is C23H20ClF3N2O4. The van der Waals surface area contributed by atoms with Crippen LogP contribution in [0.3, 0.4) is 0 Å². The van der Waals surface area contributed by atoms with Gasteiger partial charge in [0, 0.05) is 10.6 Å². The molecule has 1 unspecified atom stereocenters. The summed E-state index contributed by atoms with van der Waals surface area (Å²) in [5, 5.41) is 13.3. The van der Waals surface area contributed by atoms with Gasteiger partial charge < -0.3 is 19.6 Å². The Morgan fingerprint density at radius 2 is 1.94 bits per heavy atom. The lowest BCUT2D eigenvalue weighted by Gasteiger charge is -2.36. The highest BCUT2D eigenvalue weighted by Crippen LogP contribution is 2.34. The van der Waals surface area contributed by atoms with E-state index in [-0.39, 0.29) is 31.2 Å². The van der Waals surface area contributed by atoms with Crippen molar-refractivity contribution in [2.24, 2.45) is 0 Å². The van der Waals surface area contributed by atoms with Gasteiger partial charge in [-0.25, -0.2) is 4.98 Å². The van der Waals surface area contributed by atoms with Gasteiger partial charge in [0.15, 0.2) is 5.76 Å². The molecule has 0 radical (unpaired) electrons. The molecule has 1 aliphatic heterocycles. The standard InChI is InChI=1S/C23H20ClF3N2O4/c1-13(14-5-7-16(8-6-14)22(31)11-32-12-22)20(30)28-10-18-19(15-3-2-4-17(24)9-15)29-21(33-18)23(25,26)27/h2-9,13,31H,10-12H2,1H3,(H,28,30). The van der Waals surface area contributed by atoms with E-state index in [4.69, 9.17) is 20.8 Å². The molecule has 0 saturated carbocycles. The number of hydrogen-bond donors (Lipinski definition) is 2. The maximum Gasteiger partial charge on any atom is 0.468 e. The summed E-state index contributed by atoms with van der Waals surface area (Å²) in [6.45, 7) is 1.82. The number of benzene rings is 2. The van der Waals surface area contributed by atoms with E-state index in [1.807, 2.05) is 0 Å². The number of ether oxygens (including phenoxy) is 1. The Bertz CT molecular complexity index is 1160. The third-order valence-corrected chi connectivity index (χ3v) is 5.72. The van der Waals surface area contributed by atoms with E-state index in [0.717, 1.165) is 0 Å². The van der Waals surface area contributed by atoms with Crippen LogP contribution in [0, 0.1) is 0 Å². The Morgan fingerprint density at radius 1 is 1.24 bits per heavy atom. The fraction of sp³-hybridized carbons (Fsp3) is 0.304. The summed E-state index contributed by atoms with van der Waals surface area (Å²) in [5.41, 5.74) is 0.662. The number of amides is 1. The van der Waals surface area contributed by atoms with Gasteiger partial charge in [0.05, 0.1) is 25.7 Å². The highest BCUT2D eigenvalue weighted by molar-refractivity contribution is 6.30.